The van der Waals surface area contributed by atoms with Crippen molar-refractivity contribution in [1.29, 1.82) is 0 Å². The lowest BCUT2D eigenvalue weighted by Gasteiger charge is -2.32. The minimum atomic E-state index is 0.0219. The molecule has 1 N–H and O–H groups in total. The van der Waals surface area contributed by atoms with E-state index in [0.29, 0.717) is 11.6 Å². The van der Waals surface area contributed by atoms with Crippen LogP contribution in [0.1, 0.15) is 72.5 Å². The standard InChI is InChI=1S/C20H28N6O2/c1-20(2)6-3-15-14(11-20)17(24-28-15)19(27)25-8-4-13(5-9-25)18-23-22-16-12-21-7-10-26(16)18/h13,21H,3-12H2,1-2H3. The molecule has 0 aromatic carbocycles. The first-order chi connectivity index (χ1) is 13.5. The van der Waals surface area contributed by atoms with Crippen LogP contribution in [-0.2, 0) is 25.9 Å². The largest absolute Gasteiger partial charge is 0.360 e. The van der Waals surface area contributed by atoms with Crippen molar-refractivity contribution in [2.75, 3.05) is 19.6 Å². The molecule has 5 rings (SSSR count). The third-order valence-electron chi connectivity index (χ3n) is 6.55. The predicted molar refractivity (Wildman–Crippen MR) is 102 cm³/mol. The van der Waals surface area contributed by atoms with Crippen LogP contribution >= 0.6 is 0 Å². The van der Waals surface area contributed by atoms with Crippen LogP contribution < -0.4 is 5.32 Å². The Morgan fingerprint density at radius 3 is 2.86 bits per heavy atom. The zero-order valence-electron chi connectivity index (χ0n) is 16.7. The van der Waals surface area contributed by atoms with Crippen LogP contribution in [-0.4, -0.2) is 50.4 Å². The van der Waals surface area contributed by atoms with Crippen molar-refractivity contribution in [3.05, 3.63) is 28.7 Å². The highest BCUT2D eigenvalue weighted by atomic mass is 16.5. The van der Waals surface area contributed by atoms with Crippen LogP contribution in [0.4, 0.5) is 0 Å². The molecule has 1 saturated heterocycles. The second kappa shape index (κ2) is 6.69. The third kappa shape index (κ3) is 3.03. The number of carbonyl (C=O) groups is 1. The van der Waals surface area contributed by atoms with E-state index in [2.05, 4.69) is 39.1 Å². The molecule has 4 heterocycles. The first-order valence-electron chi connectivity index (χ1n) is 10.4. The van der Waals surface area contributed by atoms with Gasteiger partial charge in [-0.15, -0.1) is 10.2 Å². The zero-order chi connectivity index (χ0) is 19.3. The number of amides is 1. The molecule has 0 bridgehead atoms. The molecule has 28 heavy (non-hydrogen) atoms. The average molecular weight is 384 g/mol. The topological polar surface area (TPSA) is 89.1 Å². The van der Waals surface area contributed by atoms with Crippen LogP contribution in [0.15, 0.2) is 4.52 Å². The van der Waals surface area contributed by atoms with Gasteiger partial charge < -0.3 is 19.3 Å². The number of aromatic nitrogens is 4. The van der Waals surface area contributed by atoms with Gasteiger partial charge in [0, 0.05) is 44.1 Å². The fourth-order valence-corrected chi connectivity index (χ4v) is 4.82. The molecular weight excluding hydrogens is 356 g/mol. The summed E-state index contributed by atoms with van der Waals surface area (Å²) in [6.45, 7) is 8.64. The van der Waals surface area contributed by atoms with E-state index in [-0.39, 0.29) is 11.3 Å². The Hall–Kier alpha value is -2.22. The van der Waals surface area contributed by atoms with E-state index in [4.69, 9.17) is 4.52 Å². The SMILES string of the molecule is CC1(C)CCc2onc(C(=O)N3CCC(c4nnc5n4CCNC5)CC3)c2C1. The van der Waals surface area contributed by atoms with Crippen molar-refractivity contribution in [2.45, 2.75) is 65.0 Å². The van der Waals surface area contributed by atoms with Crippen molar-refractivity contribution in [3.63, 3.8) is 0 Å². The smallest absolute Gasteiger partial charge is 0.276 e. The molecular formula is C20H28N6O2. The number of piperidine rings is 1. The van der Waals surface area contributed by atoms with Crippen LogP contribution in [0, 0.1) is 5.41 Å². The van der Waals surface area contributed by atoms with Crippen molar-refractivity contribution >= 4 is 5.91 Å². The van der Waals surface area contributed by atoms with Gasteiger partial charge in [0.15, 0.2) is 5.69 Å². The number of likely N-dealkylation sites (tertiary alicyclic amines) is 1. The number of nitrogens with one attached hydrogen (secondary N) is 1. The number of carbonyl (C=O) groups excluding carboxylic acids is 1. The van der Waals surface area contributed by atoms with Crippen LogP contribution in [0.2, 0.25) is 0 Å². The van der Waals surface area contributed by atoms with Crippen molar-refractivity contribution in [1.82, 2.24) is 30.1 Å². The molecule has 1 fully saturated rings. The van der Waals surface area contributed by atoms with E-state index in [9.17, 15) is 4.79 Å². The summed E-state index contributed by atoms with van der Waals surface area (Å²) in [5, 5.41) is 16.3. The van der Waals surface area contributed by atoms with Gasteiger partial charge in [-0.05, 0) is 31.1 Å². The van der Waals surface area contributed by atoms with Gasteiger partial charge >= 0.3 is 0 Å². The molecule has 0 unspecified atom stereocenters. The monoisotopic (exact) mass is 384 g/mol. The fourth-order valence-electron chi connectivity index (χ4n) is 4.82. The summed E-state index contributed by atoms with van der Waals surface area (Å²) in [4.78, 5) is 15.1. The molecule has 0 spiro atoms. The summed E-state index contributed by atoms with van der Waals surface area (Å²) in [6, 6.07) is 0. The molecule has 8 nitrogen and oxygen atoms in total. The highest BCUT2D eigenvalue weighted by Crippen LogP contribution is 2.37. The zero-order valence-corrected chi connectivity index (χ0v) is 16.7. The van der Waals surface area contributed by atoms with E-state index in [1.807, 2.05) is 4.90 Å². The Bertz CT molecular complexity index is 891. The fraction of sp³-hybridized carbons (Fsp3) is 0.700. The molecule has 2 aromatic rings. The van der Waals surface area contributed by atoms with E-state index >= 15 is 0 Å². The van der Waals surface area contributed by atoms with Gasteiger partial charge in [0.1, 0.15) is 17.4 Å². The average Bonchev–Trinajstić information content (AvgIpc) is 3.30. The number of fused-ring (bicyclic) bond motifs is 2. The summed E-state index contributed by atoms with van der Waals surface area (Å²) in [6.07, 6.45) is 4.65. The van der Waals surface area contributed by atoms with Crippen molar-refractivity contribution < 1.29 is 9.32 Å². The first-order valence-corrected chi connectivity index (χ1v) is 10.4. The molecule has 8 heteroatoms. The van der Waals surface area contributed by atoms with Crippen LogP contribution in [0.3, 0.4) is 0 Å². The number of nitrogens with zero attached hydrogens (tertiary/aromatic N) is 5. The summed E-state index contributed by atoms with van der Waals surface area (Å²) in [7, 11) is 0. The van der Waals surface area contributed by atoms with Gasteiger partial charge in [0.25, 0.3) is 5.91 Å². The Morgan fingerprint density at radius 2 is 2.04 bits per heavy atom. The summed E-state index contributed by atoms with van der Waals surface area (Å²) >= 11 is 0. The molecule has 150 valence electrons. The molecule has 2 aliphatic heterocycles. The maximum absolute atomic E-state index is 13.1. The lowest BCUT2D eigenvalue weighted by molar-refractivity contribution is 0.0698. The normalized spacial score (nSPS) is 22.0. The van der Waals surface area contributed by atoms with Crippen molar-refractivity contribution in [3.8, 4) is 0 Å². The Balaban J connectivity index is 1.28. The molecule has 1 amide bonds. The van der Waals surface area contributed by atoms with Gasteiger partial charge in [-0.2, -0.15) is 0 Å². The molecule has 0 radical (unpaired) electrons. The predicted octanol–water partition coefficient (Wildman–Crippen LogP) is 1.90. The maximum Gasteiger partial charge on any atom is 0.276 e. The minimum absolute atomic E-state index is 0.0219. The Labute approximate surface area is 164 Å². The lowest BCUT2D eigenvalue weighted by Crippen LogP contribution is -2.39. The Kier molecular flexibility index (Phi) is 4.26. The van der Waals surface area contributed by atoms with Crippen LogP contribution in [0.5, 0.6) is 0 Å². The first kappa shape index (κ1) is 17.8. The second-order valence-corrected chi connectivity index (χ2v) is 9.14. The number of hydrogen-bond acceptors (Lipinski definition) is 6. The van der Waals surface area contributed by atoms with E-state index < -0.39 is 0 Å². The van der Waals surface area contributed by atoms with Gasteiger partial charge in [-0.1, -0.05) is 19.0 Å². The highest BCUT2D eigenvalue weighted by molar-refractivity contribution is 5.94. The minimum Gasteiger partial charge on any atom is -0.360 e. The van der Waals surface area contributed by atoms with Gasteiger partial charge in [0.2, 0.25) is 0 Å². The molecule has 0 saturated carbocycles. The molecule has 2 aromatic heterocycles. The van der Waals surface area contributed by atoms with Gasteiger partial charge in [0.05, 0.1) is 6.54 Å². The van der Waals surface area contributed by atoms with E-state index in [0.717, 1.165) is 87.8 Å². The quantitative estimate of drug-likeness (QED) is 0.851. The summed E-state index contributed by atoms with van der Waals surface area (Å²) < 4.78 is 7.77. The van der Waals surface area contributed by atoms with E-state index in [1.54, 1.807) is 0 Å². The van der Waals surface area contributed by atoms with E-state index in [1.165, 1.54) is 0 Å². The number of aryl methyl sites for hydroxylation is 1. The second-order valence-electron chi connectivity index (χ2n) is 9.14. The van der Waals surface area contributed by atoms with Gasteiger partial charge in [-0.25, -0.2) is 0 Å². The number of rotatable bonds is 2. The maximum atomic E-state index is 13.1. The number of hydrogen-bond donors (Lipinski definition) is 1. The molecule has 1 aliphatic carbocycles. The van der Waals surface area contributed by atoms with Gasteiger partial charge in [-0.3, -0.25) is 4.79 Å². The molecule has 0 atom stereocenters. The summed E-state index contributed by atoms with van der Waals surface area (Å²) in [5.41, 5.74) is 1.76. The highest BCUT2D eigenvalue weighted by Gasteiger charge is 2.35. The molecule has 3 aliphatic rings. The summed E-state index contributed by atoms with van der Waals surface area (Å²) in [5.74, 6) is 3.41. The Morgan fingerprint density at radius 1 is 1.21 bits per heavy atom. The van der Waals surface area contributed by atoms with Crippen molar-refractivity contribution in [2.24, 2.45) is 5.41 Å². The lowest BCUT2D eigenvalue weighted by atomic mass is 9.76. The third-order valence-corrected chi connectivity index (χ3v) is 6.55. The van der Waals surface area contributed by atoms with Crippen LogP contribution in [0.25, 0.3) is 0 Å².